The van der Waals surface area contributed by atoms with Crippen molar-refractivity contribution >= 4 is 17.8 Å². The van der Waals surface area contributed by atoms with Crippen LogP contribution in [-0.2, 0) is 11.3 Å². The number of ether oxygens (including phenoxy) is 1. The molecule has 1 aromatic heterocycles. The lowest BCUT2D eigenvalue weighted by Crippen LogP contribution is -2.24. The number of aromatic nitrogens is 2. The third-order valence-electron chi connectivity index (χ3n) is 3.31. The van der Waals surface area contributed by atoms with Gasteiger partial charge < -0.3 is 9.84 Å². The Hall–Kier alpha value is -3.43. The van der Waals surface area contributed by atoms with Crippen LogP contribution >= 0.6 is 0 Å². The summed E-state index contributed by atoms with van der Waals surface area (Å²) in [4.78, 5) is 22.1. The summed E-state index contributed by atoms with van der Waals surface area (Å²) in [6, 6.07) is 4.29. The van der Waals surface area contributed by atoms with E-state index in [1.807, 2.05) is 19.9 Å². The van der Waals surface area contributed by atoms with E-state index in [1.54, 1.807) is 0 Å². The molecule has 10 nitrogen and oxygen atoms in total. The first-order valence-electron chi connectivity index (χ1n) is 7.20. The van der Waals surface area contributed by atoms with Gasteiger partial charge in [-0.1, -0.05) is 0 Å². The van der Waals surface area contributed by atoms with E-state index in [4.69, 9.17) is 4.74 Å². The maximum atomic E-state index is 11.9. The van der Waals surface area contributed by atoms with Gasteiger partial charge in [-0.3, -0.25) is 19.6 Å². The maximum absolute atomic E-state index is 11.9. The van der Waals surface area contributed by atoms with Gasteiger partial charge in [-0.05, 0) is 26.0 Å². The summed E-state index contributed by atoms with van der Waals surface area (Å²) in [5.41, 5.74) is 3.42. The Morgan fingerprint density at radius 2 is 2.20 bits per heavy atom. The van der Waals surface area contributed by atoms with E-state index in [1.165, 1.54) is 17.9 Å². The molecular formula is C15H17N5O5. The van der Waals surface area contributed by atoms with Gasteiger partial charge >= 0.3 is 5.69 Å². The fourth-order valence-corrected chi connectivity index (χ4v) is 2.15. The molecule has 0 saturated carbocycles. The number of aromatic hydroxyl groups is 1. The molecule has 0 unspecified atom stereocenters. The molecule has 25 heavy (non-hydrogen) atoms. The predicted octanol–water partition coefficient (Wildman–Crippen LogP) is 1.27. The molecule has 0 radical (unpaired) electrons. The first-order valence-corrected chi connectivity index (χ1v) is 7.20. The number of nitrogens with one attached hydrogen (secondary N) is 1. The summed E-state index contributed by atoms with van der Waals surface area (Å²) in [6.45, 7) is 3.61. The lowest BCUT2D eigenvalue weighted by molar-refractivity contribution is -0.385. The molecule has 0 fully saturated rings. The van der Waals surface area contributed by atoms with Crippen LogP contribution in [0.5, 0.6) is 11.5 Å². The van der Waals surface area contributed by atoms with Crippen LogP contribution in [0.25, 0.3) is 0 Å². The standard InChI is InChI=1S/C15H17N5O5/c1-9-4-10(2)19(18-9)8-14(21)17-16-7-11-5-12(25-3)6-13(15(11)22)20(23)24/h4-7,22H,8H2,1-3H3,(H,17,21)/b16-7+. The highest BCUT2D eigenvalue weighted by molar-refractivity contribution is 5.87. The summed E-state index contributed by atoms with van der Waals surface area (Å²) in [6.07, 6.45) is 1.10. The zero-order valence-electron chi connectivity index (χ0n) is 13.9. The van der Waals surface area contributed by atoms with E-state index >= 15 is 0 Å². The van der Waals surface area contributed by atoms with Crippen molar-refractivity contribution in [1.29, 1.82) is 0 Å². The SMILES string of the molecule is COc1cc(/C=N/NC(=O)Cn2nc(C)cc2C)c(O)c([N+](=O)[O-])c1. The van der Waals surface area contributed by atoms with Crippen molar-refractivity contribution in [3.8, 4) is 11.5 Å². The van der Waals surface area contributed by atoms with E-state index in [0.717, 1.165) is 23.7 Å². The summed E-state index contributed by atoms with van der Waals surface area (Å²) < 4.78 is 6.47. The predicted molar refractivity (Wildman–Crippen MR) is 88.8 cm³/mol. The van der Waals surface area contributed by atoms with Crippen LogP contribution in [0, 0.1) is 24.0 Å². The van der Waals surface area contributed by atoms with Gasteiger partial charge in [0.15, 0.2) is 0 Å². The number of aryl methyl sites for hydroxylation is 2. The second kappa shape index (κ2) is 7.43. The third kappa shape index (κ3) is 4.31. The number of phenolic OH excluding ortho intramolecular Hbond substituents is 1. The van der Waals surface area contributed by atoms with Gasteiger partial charge in [0.05, 0.1) is 30.0 Å². The molecule has 0 aliphatic heterocycles. The van der Waals surface area contributed by atoms with Gasteiger partial charge in [-0.15, -0.1) is 0 Å². The molecule has 2 N–H and O–H groups in total. The number of hydrogen-bond donors (Lipinski definition) is 2. The zero-order chi connectivity index (χ0) is 18.6. The molecule has 1 aromatic carbocycles. The number of benzene rings is 1. The number of nitro groups is 1. The average Bonchev–Trinajstić information content (AvgIpc) is 2.86. The highest BCUT2D eigenvalue weighted by atomic mass is 16.6. The fraction of sp³-hybridized carbons (Fsp3) is 0.267. The van der Waals surface area contributed by atoms with Crippen molar-refractivity contribution in [2.45, 2.75) is 20.4 Å². The second-order valence-corrected chi connectivity index (χ2v) is 5.22. The topological polar surface area (TPSA) is 132 Å². The van der Waals surface area contributed by atoms with Gasteiger partial charge in [0, 0.05) is 11.3 Å². The summed E-state index contributed by atoms with van der Waals surface area (Å²) in [7, 11) is 1.34. The molecule has 0 spiro atoms. The van der Waals surface area contributed by atoms with Crippen LogP contribution in [0.3, 0.4) is 0 Å². The van der Waals surface area contributed by atoms with Crippen LogP contribution in [0.4, 0.5) is 5.69 Å². The molecule has 0 bridgehead atoms. The van der Waals surface area contributed by atoms with Crippen LogP contribution in [0.1, 0.15) is 17.0 Å². The van der Waals surface area contributed by atoms with Crippen LogP contribution in [-0.4, -0.2) is 39.0 Å². The molecule has 0 saturated heterocycles. The number of rotatable bonds is 6. The summed E-state index contributed by atoms with van der Waals surface area (Å²) >= 11 is 0. The monoisotopic (exact) mass is 347 g/mol. The molecule has 2 rings (SSSR count). The first-order chi connectivity index (χ1) is 11.8. The van der Waals surface area contributed by atoms with Crippen molar-refractivity contribution in [3.05, 3.63) is 45.3 Å². The molecule has 132 valence electrons. The van der Waals surface area contributed by atoms with Gasteiger partial charge in [-0.2, -0.15) is 10.2 Å². The number of nitrogens with zero attached hydrogens (tertiary/aromatic N) is 4. The number of nitro benzene ring substituents is 1. The Kier molecular flexibility index (Phi) is 5.32. The van der Waals surface area contributed by atoms with Gasteiger partial charge in [-0.25, -0.2) is 5.43 Å². The Morgan fingerprint density at radius 1 is 1.48 bits per heavy atom. The van der Waals surface area contributed by atoms with Crippen LogP contribution in [0.15, 0.2) is 23.3 Å². The number of hydrogen-bond acceptors (Lipinski definition) is 7. The molecule has 2 aromatic rings. The first kappa shape index (κ1) is 17.9. The van der Waals surface area contributed by atoms with E-state index < -0.39 is 22.3 Å². The quantitative estimate of drug-likeness (QED) is 0.459. The van der Waals surface area contributed by atoms with E-state index in [0.29, 0.717) is 0 Å². The van der Waals surface area contributed by atoms with Crippen molar-refractivity contribution < 1.29 is 19.6 Å². The Balaban J connectivity index is 2.11. The third-order valence-corrected chi connectivity index (χ3v) is 3.31. The number of hydrazone groups is 1. The van der Waals surface area contributed by atoms with Crippen molar-refractivity contribution in [2.75, 3.05) is 7.11 Å². The average molecular weight is 347 g/mol. The van der Waals surface area contributed by atoms with Crippen LogP contribution in [0.2, 0.25) is 0 Å². The number of phenols is 1. The molecule has 0 atom stereocenters. The molecule has 0 aliphatic rings. The van der Waals surface area contributed by atoms with Gasteiger partial charge in [0.2, 0.25) is 5.75 Å². The van der Waals surface area contributed by atoms with E-state index in [-0.39, 0.29) is 17.9 Å². The lowest BCUT2D eigenvalue weighted by atomic mass is 10.1. The van der Waals surface area contributed by atoms with Gasteiger partial charge in [0.25, 0.3) is 5.91 Å². The maximum Gasteiger partial charge on any atom is 0.315 e. The summed E-state index contributed by atoms with van der Waals surface area (Å²) in [5, 5.41) is 28.7. The molecule has 1 amide bonds. The summed E-state index contributed by atoms with van der Waals surface area (Å²) in [5.74, 6) is -0.818. The minimum atomic E-state index is -0.739. The highest BCUT2D eigenvalue weighted by Gasteiger charge is 2.18. The molecule has 0 aliphatic carbocycles. The minimum absolute atomic E-state index is 0.0265. The largest absolute Gasteiger partial charge is 0.502 e. The number of methoxy groups -OCH3 is 1. The van der Waals surface area contributed by atoms with Crippen molar-refractivity contribution in [2.24, 2.45) is 5.10 Å². The van der Waals surface area contributed by atoms with Crippen molar-refractivity contribution in [1.82, 2.24) is 15.2 Å². The minimum Gasteiger partial charge on any atom is -0.502 e. The van der Waals surface area contributed by atoms with E-state index in [9.17, 15) is 20.0 Å². The van der Waals surface area contributed by atoms with Crippen molar-refractivity contribution in [3.63, 3.8) is 0 Å². The Labute approximate surface area is 142 Å². The van der Waals surface area contributed by atoms with Gasteiger partial charge in [0.1, 0.15) is 12.3 Å². The van der Waals surface area contributed by atoms with E-state index in [2.05, 4.69) is 15.6 Å². The van der Waals surface area contributed by atoms with Crippen LogP contribution < -0.4 is 10.2 Å². The molecule has 10 heteroatoms. The number of carbonyl (C=O) groups excluding carboxylic acids is 1. The zero-order valence-corrected chi connectivity index (χ0v) is 13.9. The highest BCUT2D eigenvalue weighted by Crippen LogP contribution is 2.33. The number of carbonyl (C=O) groups is 1. The Morgan fingerprint density at radius 3 is 2.76 bits per heavy atom. The normalized spacial score (nSPS) is 10.8. The molecular weight excluding hydrogens is 330 g/mol. The molecule has 1 heterocycles. The second-order valence-electron chi connectivity index (χ2n) is 5.22. The Bertz CT molecular complexity index is 843. The number of amides is 1. The lowest BCUT2D eigenvalue weighted by Gasteiger charge is -2.05. The smallest absolute Gasteiger partial charge is 0.315 e. The fourth-order valence-electron chi connectivity index (χ4n) is 2.15.